The fourth-order valence-electron chi connectivity index (χ4n) is 3.88. The number of hydrogen-bond acceptors (Lipinski definition) is 4. The number of amides is 1. The molecule has 6 heteroatoms. The van der Waals surface area contributed by atoms with Gasteiger partial charge in [-0.2, -0.15) is 0 Å². The van der Waals surface area contributed by atoms with Gasteiger partial charge in [0.25, 0.3) is 0 Å². The topological polar surface area (TPSA) is 35.6 Å². The Morgan fingerprint density at radius 2 is 1.85 bits per heavy atom. The van der Waals surface area contributed by atoms with Crippen LogP contribution in [0.3, 0.4) is 0 Å². The molecule has 2 heterocycles. The lowest BCUT2D eigenvalue weighted by atomic mass is 10.0. The maximum Gasteiger partial charge on any atom is 0.223 e. The number of nitrogens with one attached hydrogen (secondary N) is 1. The molecule has 2 fully saturated rings. The zero-order valence-corrected chi connectivity index (χ0v) is 16.4. The number of piperazine rings is 1. The van der Waals surface area contributed by atoms with Crippen LogP contribution in [-0.4, -0.2) is 43.0 Å². The first-order valence-electron chi connectivity index (χ1n) is 9.70. The Morgan fingerprint density at radius 1 is 1.15 bits per heavy atom. The Hall–Kier alpha value is -1.92. The molecule has 1 aromatic heterocycles. The number of carbonyl (C=O) groups excluding carboxylic acids is 1. The second-order valence-electron chi connectivity index (χ2n) is 7.53. The van der Waals surface area contributed by atoms with Crippen molar-refractivity contribution in [1.29, 1.82) is 0 Å². The van der Waals surface area contributed by atoms with Crippen molar-refractivity contribution in [2.45, 2.75) is 31.8 Å². The van der Waals surface area contributed by atoms with Crippen LogP contribution in [0.1, 0.15) is 30.7 Å². The van der Waals surface area contributed by atoms with Crippen LogP contribution < -0.4 is 10.2 Å². The minimum atomic E-state index is -0.199. The van der Waals surface area contributed by atoms with Crippen LogP contribution in [0.15, 0.2) is 41.8 Å². The van der Waals surface area contributed by atoms with Gasteiger partial charge in [-0.05, 0) is 55.5 Å². The minimum Gasteiger partial charge on any atom is -0.369 e. The maximum absolute atomic E-state index is 13.2. The highest BCUT2D eigenvalue weighted by Crippen LogP contribution is 2.32. The molecule has 4 nitrogen and oxygen atoms in total. The Balaban J connectivity index is 1.43. The van der Waals surface area contributed by atoms with Crippen molar-refractivity contribution in [1.82, 2.24) is 10.2 Å². The van der Waals surface area contributed by atoms with E-state index in [4.69, 9.17) is 0 Å². The van der Waals surface area contributed by atoms with Gasteiger partial charge in [-0.3, -0.25) is 9.69 Å². The number of hydrogen-bond donors (Lipinski definition) is 1. The highest BCUT2D eigenvalue weighted by molar-refractivity contribution is 7.10. The van der Waals surface area contributed by atoms with Crippen LogP contribution in [0.2, 0.25) is 0 Å². The van der Waals surface area contributed by atoms with Crippen LogP contribution in [0.25, 0.3) is 0 Å². The Morgan fingerprint density at radius 3 is 2.44 bits per heavy atom. The average molecular weight is 388 g/mol. The normalized spacial score (nSPS) is 20.3. The summed E-state index contributed by atoms with van der Waals surface area (Å²) in [5.74, 6) is 0.233. The molecule has 2 aliphatic rings. The van der Waals surface area contributed by atoms with E-state index >= 15 is 0 Å². The summed E-state index contributed by atoms with van der Waals surface area (Å²) in [5.41, 5.74) is 1.07. The number of thiophene rings is 1. The average Bonchev–Trinajstić information content (AvgIpc) is 3.40. The highest BCUT2D eigenvalue weighted by atomic mass is 32.1. The van der Waals surface area contributed by atoms with Crippen molar-refractivity contribution in [3.8, 4) is 0 Å². The molecule has 1 N–H and O–H groups in total. The van der Waals surface area contributed by atoms with E-state index in [-0.39, 0.29) is 29.7 Å². The minimum absolute atomic E-state index is 0.0779. The highest BCUT2D eigenvalue weighted by Gasteiger charge is 2.35. The first kappa shape index (κ1) is 18.4. The molecule has 144 valence electrons. The van der Waals surface area contributed by atoms with Gasteiger partial charge in [-0.25, -0.2) is 4.39 Å². The number of anilines is 1. The first-order valence-corrected chi connectivity index (χ1v) is 10.6. The lowest BCUT2D eigenvalue weighted by Crippen LogP contribution is -2.52. The Labute approximate surface area is 164 Å². The van der Waals surface area contributed by atoms with E-state index < -0.39 is 0 Å². The van der Waals surface area contributed by atoms with Crippen LogP contribution in [0, 0.1) is 11.7 Å². The van der Waals surface area contributed by atoms with Crippen molar-refractivity contribution in [3.63, 3.8) is 0 Å². The SMILES string of the molecule is C[C@H](NC(=O)C1CC1)[C@@H](c1cccs1)N1CCN(c2ccc(F)cc2)CC1. The van der Waals surface area contributed by atoms with E-state index in [1.165, 1.54) is 17.0 Å². The van der Waals surface area contributed by atoms with Crippen LogP contribution >= 0.6 is 11.3 Å². The standard InChI is InChI=1S/C21H26FN3OS/c1-15(23-21(26)16-4-5-16)20(19-3-2-14-27-19)25-12-10-24(11-13-25)18-8-6-17(22)7-9-18/h2-3,6-9,14-16,20H,4-5,10-13H2,1H3,(H,23,26)/t15-,20-/m0/s1. The molecule has 27 heavy (non-hydrogen) atoms. The molecule has 4 rings (SSSR count). The van der Waals surface area contributed by atoms with E-state index in [0.717, 1.165) is 44.7 Å². The summed E-state index contributed by atoms with van der Waals surface area (Å²) in [6, 6.07) is 11.3. The third-order valence-electron chi connectivity index (χ3n) is 5.53. The van der Waals surface area contributed by atoms with E-state index in [9.17, 15) is 9.18 Å². The summed E-state index contributed by atoms with van der Waals surface area (Å²) in [5, 5.41) is 5.35. The molecule has 0 bridgehead atoms. The lowest BCUT2D eigenvalue weighted by Gasteiger charge is -2.42. The number of carbonyl (C=O) groups is 1. The van der Waals surface area contributed by atoms with Gasteiger partial charge in [-0.1, -0.05) is 6.07 Å². The van der Waals surface area contributed by atoms with E-state index in [1.54, 1.807) is 11.3 Å². The molecular weight excluding hydrogens is 361 g/mol. The summed E-state index contributed by atoms with van der Waals surface area (Å²) in [7, 11) is 0. The van der Waals surface area contributed by atoms with Gasteiger partial charge < -0.3 is 10.2 Å². The van der Waals surface area contributed by atoms with Crippen molar-refractivity contribution < 1.29 is 9.18 Å². The van der Waals surface area contributed by atoms with Gasteiger partial charge in [0.15, 0.2) is 0 Å². The smallest absolute Gasteiger partial charge is 0.223 e. The van der Waals surface area contributed by atoms with Gasteiger partial charge >= 0.3 is 0 Å². The number of halogens is 1. The van der Waals surface area contributed by atoms with Gasteiger partial charge in [0.2, 0.25) is 5.91 Å². The number of benzene rings is 1. The summed E-state index contributed by atoms with van der Waals surface area (Å²) >= 11 is 1.75. The summed E-state index contributed by atoms with van der Waals surface area (Å²) in [6.07, 6.45) is 2.05. The number of nitrogens with zero attached hydrogens (tertiary/aromatic N) is 2. The maximum atomic E-state index is 13.2. The van der Waals surface area contributed by atoms with Crippen molar-refractivity contribution >= 4 is 22.9 Å². The molecule has 1 aliphatic heterocycles. The molecule has 1 amide bonds. The van der Waals surface area contributed by atoms with E-state index in [1.807, 2.05) is 12.1 Å². The number of rotatable bonds is 6. The van der Waals surface area contributed by atoms with Crippen molar-refractivity contribution in [2.75, 3.05) is 31.1 Å². The Bertz CT molecular complexity index is 752. The Kier molecular flexibility index (Phi) is 5.45. The molecule has 0 unspecified atom stereocenters. The molecule has 0 radical (unpaired) electrons. The van der Waals surface area contributed by atoms with E-state index in [0.29, 0.717) is 0 Å². The second kappa shape index (κ2) is 7.98. The third-order valence-corrected chi connectivity index (χ3v) is 6.47. The predicted octanol–water partition coefficient (Wildman–Crippen LogP) is 3.67. The fourth-order valence-corrected chi connectivity index (χ4v) is 4.84. The molecule has 1 saturated heterocycles. The molecule has 1 aliphatic carbocycles. The van der Waals surface area contributed by atoms with E-state index in [2.05, 4.69) is 39.6 Å². The molecule has 0 spiro atoms. The molecule has 1 saturated carbocycles. The second-order valence-corrected chi connectivity index (χ2v) is 8.51. The molecule has 1 aromatic carbocycles. The fraction of sp³-hybridized carbons (Fsp3) is 0.476. The zero-order chi connectivity index (χ0) is 18.8. The van der Waals surface area contributed by atoms with Crippen LogP contribution in [-0.2, 0) is 4.79 Å². The zero-order valence-electron chi connectivity index (χ0n) is 15.6. The molecule has 2 aromatic rings. The largest absolute Gasteiger partial charge is 0.369 e. The van der Waals surface area contributed by atoms with Gasteiger partial charge in [-0.15, -0.1) is 11.3 Å². The van der Waals surface area contributed by atoms with Crippen LogP contribution in [0.5, 0.6) is 0 Å². The molecule has 2 atom stereocenters. The quantitative estimate of drug-likeness (QED) is 0.822. The summed E-state index contributed by atoms with van der Waals surface area (Å²) in [4.78, 5) is 18.3. The van der Waals surface area contributed by atoms with Crippen molar-refractivity contribution in [2.24, 2.45) is 5.92 Å². The third kappa shape index (κ3) is 4.33. The monoisotopic (exact) mass is 387 g/mol. The summed E-state index contributed by atoms with van der Waals surface area (Å²) < 4.78 is 13.2. The van der Waals surface area contributed by atoms with Gasteiger partial charge in [0.1, 0.15) is 5.82 Å². The van der Waals surface area contributed by atoms with Crippen LogP contribution in [0.4, 0.5) is 10.1 Å². The predicted molar refractivity (Wildman–Crippen MR) is 108 cm³/mol. The summed E-state index contributed by atoms with van der Waals surface area (Å²) in [6.45, 7) is 5.76. The van der Waals surface area contributed by atoms with Gasteiger partial charge in [0, 0.05) is 48.7 Å². The lowest BCUT2D eigenvalue weighted by molar-refractivity contribution is -0.123. The van der Waals surface area contributed by atoms with Crippen molar-refractivity contribution in [3.05, 3.63) is 52.5 Å². The van der Waals surface area contributed by atoms with Gasteiger partial charge in [0.05, 0.1) is 6.04 Å². The molecular formula is C21H26FN3OS. The first-order chi connectivity index (χ1) is 13.1.